The zero-order valence-electron chi connectivity index (χ0n) is 12.4. The summed E-state index contributed by atoms with van der Waals surface area (Å²) in [5, 5.41) is 6.33. The van der Waals surface area contributed by atoms with Gasteiger partial charge in [-0.1, -0.05) is 12.1 Å². The molecule has 2 aromatic heterocycles. The number of H-pyrrole nitrogens is 1. The lowest BCUT2D eigenvalue weighted by atomic mass is 10.2. The van der Waals surface area contributed by atoms with Gasteiger partial charge in [-0.05, 0) is 12.1 Å². The predicted octanol–water partition coefficient (Wildman–Crippen LogP) is 0.600. The lowest BCUT2D eigenvalue weighted by Crippen LogP contribution is -2.32. The third kappa shape index (κ3) is 3.05. The fraction of sp³-hybridized carbons (Fsp3) is 0.200. The van der Waals surface area contributed by atoms with Gasteiger partial charge >= 0.3 is 0 Å². The summed E-state index contributed by atoms with van der Waals surface area (Å²) < 4.78 is 6.28. The number of hydrogen-bond donors (Lipinski definition) is 2. The molecule has 0 unspecified atom stereocenters. The number of benzene rings is 1. The molecule has 2 heterocycles. The number of ether oxygens (including phenoxy) is 1. The maximum absolute atomic E-state index is 12.3. The van der Waals surface area contributed by atoms with E-state index in [4.69, 9.17) is 4.74 Å². The smallest absolute Gasteiger partial charge is 0.273 e. The fourth-order valence-corrected chi connectivity index (χ4v) is 2.22. The van der Waals surface area contributed by atoms with Crippen LogP contribution in [0.4, 0.5) is 5.95 Å². The molecule has 23 heavy (non-hydrogen) atoms. The number of methoxy groups -OCH3 is 1. The lowest BCUT2D eigenvalue weighted by Gasteiger charge is -2.08. The van der Waals surface area contributed by atoms with Crippen LogP contribution in [0.15, 0.2) is 46.1 Å². The molecule has 0 aliphatic carbocycles. The van der Waals surface area contributed by atoms with Gasteiger partial charge in [0.1, 0.15) is 0 Å². The highest BCUT2D eigenvalue weighted by molar-refractivity contribution is 5.80. The number of aromatic amines is 1. The molecule has 2 N–H and O–H groups in total. The second-order valence-electron chi connectivity index (χ2n) is 4.79. The third-order valence-electron chi connectivity index (χ3n) is 3.34. The Hall–Kier alpha value is -3.16. The van der Waals surface area contributed by atoms with Crippen LogP contribution < -0.4 is 21.2 Å². The maximum atomic E-state index is 12.3. The van der Waals surface area contributed by atoms with E-state index in [9.17, 15) is 9.59 Å². The van der Waals surface area contributed by atoms with Crippen LogP contribution in [0.25, 0.3) is 10.8 Å². The van der Waals surface area contributed by atoms with Gasteiger partial charge in [-0.3, -0.25) is 14.7 Å². The molecule has 0 aliphatic heterocycles. The molecule has 0 amide bonds. The van der Waals surface area contributed by atoms with E-state index < -0.39 is 0 Å². The van der Waals surface area contributed by atoms with Gasteiger partial charge in [0.15, 0.2) is 0 Å². The summed E-state index contributed by atoms with van der Waals surface area (Å²) in [4.78, 5) is 32.5. The average Bonchev–Trinajstić information content (AvgIpc) is 2.59. The molecule has 0 saturated heterocycles. The molecule has 0 aliphatic rings. The maximum Gasteiger partial charge on any atom is 0.273 e. The van der Waals surface area contributed by atoms with Crippen molar-refractivity contribution >= 4 is 16.7 Å². The molecule has 0 saturated carbocycles. The minimum Gasteiger partial charge on any atom is -0.481 e. The van der Waals surface area contributed by atoms with Crippen molar-refractivity contribution in [3.8, 4) is 5.88 Å². The van der Waals surface area contributed by atoms with Gasteiger partial charge < -0.3 is 10.1 Å². The van der Waals surface area contributed by atoms with E-state index in [2.05, 4.69) is 20.4 Å². The van der Waals surface area contributed by atoms with Crippen molar-refractivity contribution in [2.45, 2.75) is 6.54 Å². The van der Waals surface area contributed by atoms with E-state index in [1.54, 1.807) is 36.5 Å². The molecule has 8 nitrogen and oxygen atoms in total. The second-order valence-corrected chi connectivity index (χ2v) is 4.79. The molecule has 8 heteroatoms. The Morgan fingerprint density at radius 3 is 2.78 bits per heavy atom. The number of nitrogens with one attached hydrogen (secondary N) is 2. The number of rotatable bonds is 5. The number of hydrogen-bond acceptors (Lipinski definition) is 6. The largest absolute Gasteiger partial charge is 0.481 e. The Kier molecular flexibility index (Phi) is 4.05. The van der Waals surface area contributed by atoms with Crippen LogP contribution in [0.2, 0.25) is 0 Å². The summed E-state index contributed by atoms with van der Waals surface area (Å²) in [5.74, 6) is 0.833. The minimum absolute atomic E-state index is 0.242. The predicted molar refractivity (Wildman–Crippen MR) is 85.9 cm³/mol. The normalized spacial score (nSPS) is 10.7. The van der Waals surface area contributed by atoms with E-state index in [0.29, 0.717) is 29.1 Å². The molecule has 3 aromatic rings. The molecule has 0 atom stereocenters. The highest BCUT2D eigenvalue weighted by Gasteiger charge is 2.06. The van der Waals surface area contributed by atoms with Crippen LogP contribution in [0.5, 0.6) is 5.88 Å². The monoisotopic (exact) mass is 313 g/mol. The first-order valence-electron chi connectivity index (χ1n) is 7.02. The van der Waals surface area contributed by atoms with Crippen LogP contribution in [0, 0.1) is 0 Å². The van der Waals surface area contributed by atoms with Crippen molar-refractivity contribution in [2.24, 2.45) is 0 Å². The van der Waals surface area contributed by atoms with Crippen molar-refractivity contribution in [3.63, 3.8) is 0 Å². The van der Waals surface area contributed by atoms with Crippen LogP contribution >= 0.6 is 0 Å². The number of anilines is 1. The Morgan fingerprint density at radius 1 is 1.22 bits per heavy atom. The van der Waals surface area contributed by atoms with E-state index in [-0.39, 0.29) is 17.7 Å². The topological polar surface area (TPSA) is 102 Å². The molecule has 118 valence electrons. The summed E-state index contributed by atoms with van der Waals surface area (Å²) in [7, 11) is 1.52. The molecule has 1 aromatic carbocycles. The summed E-state index contributed by atoms with van der Waals surface area (Å²) in [6.45, 7) is 0.654. The highest BCUT2D eigenvalue weighted by Crippen LogP contribution is 2.06. The Labute approximate surface area is 130 Å². The van der Waals surface area contributed by atoms with E-state index in [0.717, 1.165) is 0 Å². The average molecular weight is 313 g/mol. The van der Waals surface area contributed by atoms with Crippen molar-refractivity contribution in [1.82, 2.24) is 19.7 Å². The SMILES string of the molecule is COc1ccnc(NCCn2[nH]c(=O)c3ccccc3c2=O)n1. The zero-order valence-corrected chi connectivity index (χ0v) is 12.4. The van der Waals surface area contributed by atoms with E-state index in [1.807, 2.05) is 0 Å². The molecule has 0 bridgehead atoms. The van der Waals surface area contributed by atoms with E-state index >= 15 is 0 Å². The molecule has 0 spiro atoms. The standard InChI is InChI=1S/C15H15N5O3/c1-23-12-6-7-16-15(18-12)17-8-9-20-14(22)11-5-3-2-4-10(11)13(21)19-20/h2-7H,8-9H2,1H3,(H,19,21)(H,16,17,18). The fourth-order valence-electron chi connectivity index (χ4n) is 2.22. The molecule has 0 radical (unpaired) electrons. The quantitative estimate of drug-likeness (QED) is 0.715. The van der Waals surface area contributed by atoms with Crippen molar-refractivity contribution in [1.29, 1.82) is 0 Å². The van der Waals surface area contributed by atoms with Gasteiger partial charge in [-0.15, -0.1) is 0 Å². The first-order chi connectivity index (χ1) is 11.2. The van der Waals surface area contributed by atoms with Crippen LogP contribution in [0.1, 0.15) is 0 Å². The van der Waals surface area contributed by atoms with Crippen molar-refractivity contribution < 1.29 is 4.74 Å². The van der Waals surface area contributed by atoms with E-state index in [1.165, 1.54) is 11.8 Å². The van der Waals surface area contributed by atoms with Gasteiger partial charge in [-0.25, -0.2) is 9.67 Å². The van der Waals surface area contributed by atoms with Gasteiger partial charge in [0, 0.05) is 18.8 Å². The Morgan fingerprint density at radius 2 is 2.00 bits per heavy atom. The van der Waals surface area contributed by atoms with Crippen LogP contribution in [0.3, 0.4) is 0 Å². The van der Waals surface area contributed by atoms with Gasteiger partial charge in [0.2, 0.25) is 11.8 Å². The van der Waals surface area contributed by atoms with Crippen molar-refractivity contribution in [2.75, 3.05) is 19.0 Å². The molecular formula is C15H15N5O3. The second kappa shape index (κ2) is 6.30. The van der Waals surface area contributed by atoms with Crippen LogP contribution in [-0.4, -0.2) is 33.4 Å². The summed E-state index contributed by atoms with van der Waals surface area (Å²) in [5.41, 5.74) is -0.536. The zero-order chi connectivity index (χ0) is 16.2. The molecular weight excluding hydrogens is 298 g/mol. The first kappa shape index (κ1) is 14.8. The number of fused-ring (bicyclic) bond motifs is 1. The van der Waals surface area contributed by atoms with Crippen molar-refractivity contribution in [3.05, 3.63) is 57.2 Å². The Balaban J connectivity index is 1.78. The molecule has 3 rings (SSSR count). The summed E-state index contributed by atoms with van der Waals surface area (Å²) >= 11 is 0. The van der Waals surface area contributed by atoms with Gasteiger partial charge in [-0.2, -0.15) is 4.98 Å². The third-order valence-corrected chi connectivity index (χ3v) is 3.34. The summed E-state index contributed by atoms with van der Waals surface area (Å²) in [6.07, 6.45) is 1.57. The number of aromatic nitrogens is 4. The Bertz CT molecular complexity index is 947. The number of nitrogens with zero attached hydrogens (tertiary/aromatic N) is 3. The van der Waals surface area contributed by atoms with Gasteiger partial charge in [0.05, 0.1) is 24.4 Å². The molecule has 0 fully saturated rings. The van der Waals surface area contributed by atoms with Gasteiger partial charge in [0.25, 0.3) is 11.1 Å². The van der Waals surface area contributed by atoms with Crippen LogP contribution in [-0.2, 0) is 6.54 Å². The first-order valence-corrected chi connectivity index (χ1v) is 7.02. The lowest BCUT2D eigenvalue weighted by molar-refractivity contribution is 0.397. The highest BCUT2D eigenvalue weighted by atomic mass is 16.5. The summed E-state index contributed by atoms with van der Waals surface area (Å²) in [6, 6.07) is 8.36. The minimum atomic E-state index is -0.294.